The Bertz CT molecular complexity index is 406. The summed E-state index contributed by atoms with van der Waals surface area (Å²) in [5.74, 6) is 0.321. The second kappa shape index (κ2) is 5.04. The van der Waals surface area contributed by atoms with Crippen LogP contribution in [0.5, 0.6) is 0 Å². The van der Waals surface area contributed by atoms with E-state index in [1.54, 1.807) is 12.4 Å². The number of hydrogen-bond donors (Lipinski definition) is 1. The van der Waals surface area contributed by atoms with Gasteiger partial charge in [-0.05, 0) is 17.7 Å². The lowest BCUT2D eigenvalue weighted by atomic mass is 10.0. The molecule has 1 aromatic carbocycles. The Balaban J connectivity index is 2.07. The zero-order valence-electron chi connectivity index (χ0n) is 8.95. The predicted octanol–water partition coefficient (Wildman–Crippen LogP) is 2.90. The summed E-state index contributed by atoms with van der Waals surface area (Å²) in [5, 5.41) is 3.35. The molecule has 0 saturated carbocycles. The van der Waals surface area contributed by atoms with Crippen molar-refractivity contribution in [3.8, 4) is 0 Å². The number of halogens is 2. The normalized spacial score (nSPS) is 16.8. The molecular formula is C11H13Cl2N3. The van der Waals surface area contributed by atoms with E-state index in [2.05, 4.69) is 17.3 Å². The molecule has 1 heterocycles. The van der Waals surface area contributed by atoms with Crippen LogP contribution < -0.4 is 5.43 Å². The van der Waals surface area contributed by atoms with E-state index in [1.807, 2.05) is 17.1 Å². The van der Waals surface area contributed by atoms with Gasteiger partial charge in [-0.3, -0.25) is 10.0 Å². The highest BCUT2D eigenvalue weighted by Gasteiger charge is 2.14. The first-order valence-corrected chi connectivity index (χ1v) is 5.87. The van der Waals surface area contributed by atoms with Crippen LogP contribution in [0.3, 0.4) is 0 Å². The van der Waals surface area contributed by atoms with Crippen LogP contribution in [0.25, 0.3) is 0 Å². The SMILES string of the molecule is CC(CN1C=NCN1)c1ccc(Cl)cc1Cl. The van der Waals surface area contributed by atoms with Crippen molar-refractivity contribution in [3.05, 3.63) is 33.8 Å². The molecule has 0 amide bonds. The fourth-order valence-electron chi connectivity index (χ4n) is 1.72. The van der Waals surface area contributed by atoms with Gasteiger partial charge in [-0.1, -0.05) is 36.2 Å². The van der Waals surface area contributed by atoms with Gasteiger partial charge in [0.25, 0.3) is 0 Å². The Labute approximate surface area is 105 Å². The number of benzene rings is 1. The fourth-order valence-corrected chi connectivity index (χ4v) is 2.31. The molecular weight excluding hydrogens is 245 g/mol. The van der Waals surface area contributed by atoms with Gasteiger partial charge < -0.3 is 0 Å². The number of nitrogens with one attached hydrogen (secondary N) is 1. The Hall–Kier alpha value is -0.770. The van der Waals surface area contributed by atoms with Gasteiger partial charge >= 0.3 is 0 Å². The van der Waals surface area contributed by atoms with E-state index in [-0.39, 0.29) is 0 Å². The van der Waals surface area contributed by atoms with Gasteiger partial charge in [-0.25, -0.2) is 5.43 Å². The molecule has 0 radical (unpaired) electrons. The third-order valence-corrected chi connectivity index (χ3v) is 3.11. The van der Waals surface area contributed by atoms with Crippen LogP contribution in [0.4, 0.5) is 0 Å². The molecule has 5 heteroatoms. The van der Waals surface area contributed by atoms with E-state index in [4.69, 9.17) is 23.2 Å². The Morgan fingerprint density at radius 2 is 2.31 bits per heavy atom. The summed E-state index contributed by atoms with van der Waals surface area (Å²) in [6.07, 6.45) is 1.81. The van der Waals surface area contributed by atoms with Crippen LogP contribution in [-0.4, -0.2) is 24.6 Å². The third-order valence-electron chi connectivity index (χ3n) is 2.55. The second-order valence-electron chi connectivity index (χ2n) is 3.83. The fraction of sp³-hybridized carbons (Fsp3) is 0.364. The average Bonchev–Trinajstić information content (AvgIpc) is 2.70. The van der Waals surface area contributed by atoms with E-state index in [9.17, 15) is 0 Å². The summed E-state index contributed by atoms with van der Waals surface area (Å²) in [6.45, 7) is 3.62. The minimum Gasteiger partial charge on any atom is -0.296 e. The van der Waals surface area contributed by atoms with Crippen molar-refractivity contribution >= 4 is 29.5 Å². The molecule has 1 aromatic rings. The van der Waals surface area contributed by atoms with Gasteiger partial charge in [0.1, 0.15) is 13.0 Å². The number of aliphatic imine (C=N–C) groups is 1. The smallest absolute Gasteiger partial charge is 0.107 e. The van der Waals surface area contributed by atoms with Crippen LogP contribution in [0.15, 0.2) is 23.2 Å². The minimum absolute atomic E-state index is 0.321. The summed E-state index contributed by atoms with van der Waals surface area (Å²) in [7, 11) is 0. The summed E-state index contributed by atoms with van der Waals surface area (Å²) >= 11 is 12.0. The highest BCUT2D eigenvalue weighted by atomic mass is 35.5. The second-order valence-corrected chi connectivity index (χ2v) is 4.68. The molecule has 0 fully saturated rings. The molecule has 0 bridgehead atoms. The van der Waals surface area contributed by atoms with Crippen molar-refractivity contribution in [3.63, 3.8) is 0 Å². The molecule has 1 atom stereocenters. The summed E-state index contributed by atoms with van der Waals surface area (Å²) in [5.41, 5.74) is 4.23. The number of nitrogens with zero attached hydrogens (tertiary/aromatic N) is 2. The summed E-state index contributed by atoms with van der Waals surface area (Å²) in [6, 6.07) is 5.62. The maximum absolute atomic E-state index is 6.15. The average molecular weight is 258 g/mol. The Kier molecular flexibility index (Phi) is 3.69. The lowest BCUT2D eigenvalue weighted by Crippen LogP contribution is -2.34. The molecule has 86 valence electrons. The largest absolute Gasteiger partial charge is 0.296 e. The summed E-state index contributed by atoms with van der Waals surface area (Å²) < 4.78 is 0. The maximum Gasteiger partial charge on any atom is 0.107 e. The van der Waals surface area contributed by atoms with Crippen molar-refractivity contribution < 1.29 is 0 Å². The highest BCUT2D eigenvalue weighted by molar-refractivity contribution is 6.35. The maximum atomic E-state index is 6.15. The van der Waals surface area contributed by atoms with Gasteiger partial charge in [-0.15, -0.1) is 0 Å². The number of rotatable bonds is 3. The predicted molar refractivity (Wildman–Crippen MR) is 68.1 cm³/mol. The van der Waals surface area contributed by atoms with E-state index in [0.29, 0.717) is 17.6 Å². The van der Waals surface area contributed by atoms with Crippen LogP contribution in [-0.2, 0) is 0 Å². The topological polar surface area (TPSA) is 27.6 Å². The molecule has 16 heavy (non-hydrogen) atoms. The van der Waals surface area contributed by atoms with Gasteiger partial charge in [0.15, 0.2) is 0 Å². The zero-order chi connectivity index (χ0) is 11.5. The van der Waals surface area contributed by atoms with Crippen molar-refractivity contribution in [2.24, 2.45) is 4.99 Å². The van der Waals surface area contributed by atoms with Crippen LogP contribution >= 0.6 is 23.2 Å². The van der Waals surface area contributed by atoms with Crippen molar-refractivity contribution in [2.75, 3.05) is 13.2 Å². The monoisotopic (exact) mass is 257 g/mol. The molecule has 0 spiro atoms. The van der Waals surface area contributed by atoms with E-state index >= 15 is 0 Å². The summed E-state index contributed by atoms with van der Waals surface area (Å²) in [4.78, 5) is 4.08. The van der Waals surface area contributed by atoms with Crippen LogP contribution in [0, 0.1) is 0 Å². The molecule has 2 rings (SSSR count). The van der Waals surface area contributed by atoms with E-state index < -0.39 is 0 Å². The molecule has 1 aliphatic rings. The quantitative estimate of drug-likeness (QED) is 0.902. The molecule has 3 nitrogen and oxygen atoms in total. The first-order chi connectivity index (χ1) is 7.66. The lowest BCUT2D eigenvalue weighted by molar-refractivity contribution is 0.332. The van der Waals surface area contributed by atoms with Crippen molar-refractivity contribution in [2.45, 2.75) is 12.8 Å². The first-order valence-electron chi connectivity index (χ1n) is 5.12. The third kappa shape index (κ3) is 2.67. The minimum atomic E-state index is 0.321. The highest BCUT2D eigenvalue weighted by Crippen LogP contribution is 2.27. The van der Waals surface area contributed by atoms with Crippen LogP contribution in [0.1, 0.15) is 18.4 Å². The molecule has 1 unspecified atom stereocenters. The van der Waals surface area contributed by atoms with Gasteiger partial charge in [-0.2, -0.15) is 0 Å². The van der Waals surface area contributed by atoms with Crippen molar-refractivity contribution in [1.82, 2.24) is 10.4 Å². The number of hydrazine groups is 1. The van der Waals surface area contributed by atoms with E-state index in [1.165, 1.54) is 0 Å². The lowest BCUT2D eigenvalue weighted by Gasteiger charge is -2.20. The Morgan fingerprint density at radius 3 is 2.94 bits per heavy atom. The van der Waals surface area contributed by atoms with E-state index in [0.717, 1.165) is 17.1 Å². The molecule has 0 saturated heterocycles. The molecule has 0 aromatic heterocycles. The standard InChI is InChI=1S/C11H13Cl2N3/c1-8(5-16-7-14-6-15-16)10-3-2-9(12)4-11(10)13/h2-4,7-8,15H,5-6H2,1H3. The van der Waals surface area contributed by atoms with Crippen molar-refractivity contribution in [1.29, 1.82) is 0 Å². The first kappa shape index (κ1) is 11.7. The van der Waals surface area contributed by atoms with Gasteiger partial charge in [0.05, 0.1) is 0 Å². The number of hydrogen-bond acceptors (Lipinski definition) is 3. The van der Waals surface area contributed by atoms with Gasteiger partial charge in [0, 0.05) is 22.5 Å². The Morgan fingerprint density at radius 1 is 1.50 bits per heavy atom. The molecule has 0 aliphatic carbocycles. The zero-order valence-corrected chi connectivity index (χ0v) is 10.5. The molecule has 1 N–H and O–H groups in total. The van der Waals surface area contributed by atoms with Crippen LogP contribution in [0.2, 0.25) is 10.0 Å². The molecule has 1 aliphatic heterocycles. The van der Waals surface area contributed by atoms with Gasteiger partial charge in [0.2, 0.25) is 0 Å².